The van der Waals surface area contributed by atoms with Gasteiger partial charge in [-0.3, -0.25) is 0 Å². The van der Waals surface area contributed by atoms with Crippen LogP contribution in [0.3, 0.4) is 0 Å². The average Bonchev–Trinajstić information content (AvgIpc) is 1.55. The third kappa shape index (κ3) is 10.2. The van der Waals surface area contributed by atoms with Crippen LogP contribution in [-0.4, -0.2) is 15.0 Å². The summed E-state index contributed by atoms with van der Waals surface area (Å²) in [7, 11) is 1.40. The highest BCUT2D eigenvalue weighted by atomic mass is 35.7. The molecule has 0 rings (SSSR count). The van der Waals surface area contributed by atoms with Gasteiger partial charge in [0.05, 0.1) is 0 Å². The van der Waals surface area contributed by atoms with Gasteiger partial charge >= 0.3 is 0 Å². The van der Waals surface area contributed by atoms with Crippen molar-refractivity contribution in [2.75, 3.05) is 6.54 Å². The van der Waals surface area contributed by atoms with E-state index in [4.69, 9.17) is 10.7 Å². The van der Waals surface area contributed by atoms with Crippen LogP contribution in [0.15, 0.2) is 0 Å². The lowest BCUT2D eigenvalue weighted by Crippen LogP contribution is -2.23. The fraction of sp³-hybridized carbons (Fsp3) is 1.00. The maximum Gasteiger partial charge on any atom is 0.297 e. The molecule has 11 heavy (non-hydrogen) atoms. The Labute approximate surface area is 72.7 Å². The SMILES string of the molecule is CC(C)(C)CCNS(=O)(=O)Cl. The zero-order chi connectivity index (χ0) is 9.12. The van der Waals surface area contributed by atoms with Crippen LogP contribution in [0.1, 0.15) is 27.2 Å². The van der Waals surface area contributed by atoms with Crippen molar-refractivity contribution in [1.29, 1.82) is 0 Å². The second-order valence-electron chi connectivity index (χ2n) is 3.64. The van der Waals surface area contributed by atoms with Crippen molar-refractivity contribution in [3.8, 4) is 0 Å². The Morgan fingerprint density at radius 3 is 2.09 bits per heavy atom. The van der Waals surface area contributed by atoms with Gasteiger partial charge in [-0.15, -0.1) is 0 Å². The van der Waals surface area contributed by atoms with Crippen LogP contribution in [0, 0.1) is 5.41 Å². The van der Waals surface area contributed by atoms with E-state index in [9.17, 15) is 8.42 Å². The minimum atomic E-state index is -3.52. The van der Waals surface area contributed by atoms with Crippen LogP contribution in [0.5, 0.6) is 0 Å². The molecule has 5 heteroatoms. The molecule has 0 saturated heterocycles. The molecule has 0 heterocycles. The van der Waals surface area contributed by atoms with Gasteiger partial charge in [0, 0.05) is 17.2 Å². The van der Waals surface area contributed by atoms with Crippen LogP contribution in [0.4, 0.5) is 0 Å². The fourth-order valence-electron chi connectivity index (χ4n) is 0.548. The van der Waals surface area contributed by atoms with E-state index in [1.807, 2.05) is 20.8 Å². The summed E-state index contributed by atoms with van der Waals surface area (Å²) in [5, 5.41) is 0. The van der Waals surface area contributed by atoms with Gasteiger partial charge in [-0.05, 0) is 11.8 Å². The lowest BCUT2D eigenvalue weighted by molar-refractivity contribution is 0.379. The molecule has 0 spiro atoms. The van der Waals surface area contributed by atoms with Crippen LogP contribution < -0.4 is 4.72 Å². The Balaban J connectivity index is 3.61. The monoisotopic (exact) mass is 199 g/mol. The first-order chi connectivity index (χ1) is 4.71. The van der Waals surface area contributed by atoms with Crippen LogP contribution in [-0.2, 0) is 9.24 Å². The quantitative estimate of drug-likeness (QED) is 0.701. The molecular weight excluding hydrogens is 186 g/mol. The molecule has 0 aromatic rings. The van der Waals surface area contributed by atoms with Crippen LogP contribution in [0.2, 0.25) is 0 Å². The van der Waals surface area contributed by atoms with E-state index in [1.165, 1.54) is 0 Å². The average molecular weight is 200 g/mol. The normalized spacial score (nSPS) is 13.5. The highest BCUT2D eigenvalue weighted by molar-refractivity contribution is 8.12. The van der Waals surface area contributed by atoms with Gasteiger partial charge < -0.3 is 0 Å². The molecule has 0 unspecified atom stereocenters. The Morgan fingerprint density at radius 1 is 1.36 bits per heavy atom. The molecule has 68 valence electrons. The summed E-state index contributed by atoms with van der Waals surface area (Å²) < 4.78 is 23.0. The van der Waals surface area contributed by atoms with Crippen molar-refractivity contribution in [2.24, 2.45) is 5.41 Å². The maximum absolute atomic E-state index is 10.4. The molecular formula is C6H14ClNO2S. The summed E-state index contributed by atoms with van der Waals surface area (Å²) in [6.07, 6.45) is 0.777. The third-order valence-corrected chi connectivity index (χ3v) is 2.03. The molecule has 0 saturated carbocycles. The van der Waals surface area contributed by atoms with Crippen molar-refractivity contribution in [1.82, 2.24) is 4.72 Å². The van der Waals surface area contributed by atoms with E-state index in [0.717, 1.165) is 6.42 Å². The maximum atomic E-state index is 10.4. The third-order valence-electron chi connectivity index (χ3n) is 1.15. The van der Waals surface area contributed by atoms with E-state index in [-0.39, 0.29) is 5.41 Å². The highest BCUT2D eigenvalue weighted by Crippen LogP contribution is 2.17. The van der Waals surface area contributed by atoms with Gasteiger partial charge in [0.2, 0.25) is 0 Å². The fourth-order valence-corrected chi connectivity index (χ4v) is 1.13. The number of hydrogen-bond acceptors (Lipinski definition) is 2. The minimum absolute atomic E-state index is 0.134. The molecule has 0 bridgehead atoms. The van der Waals surface area contributed by atoms with Gasteiger partial charge in [0.25, 0.3) is 9.24 Å². The van der Waals surface area contributed by atoms with Crippen LogP contribution in [0.25, 0.3) is 0 Å². The summed E-state index contributed by atoms with van der Waals surface area (Å²) in [5.41, 5.74) is 0.134. The summed E-state index contributed by atoms with van der Waals surface area (Å²) in [6, 6.07) is 0. The largest absolute Gasteiger partial charge is 0.297 e. The van der Waals surface area contributed by atoms with E-state index in [1.54, 1.807) is 0 Å². The van der Waals surface area contributed by atoms with Crippen LogP contribution >= 0.6 is 10.7 Å². The molecule has 0 aliphatic heterocycles. The van der Waals surface area contributed by atoms with E-state index in [0.29, 0.717) is 6.54 Å². The summed E-state index contributed by atoms with van der Waals surface area (Å²) in [6.45, 7) is 6.51. The van der Waals surface area contributed by atoms with E-state index in [2.05, 4.69) is 4.72 Å². The molecule has 0 amide bonds. The molecule has 0 fully saturated rings. The Kier molecular flexibility index (Phi) is 3.80. The summed E-state index contributed by atoms with van der Waals surface area (Å²) >= 11 is 0. The van der Waals surface area contributed by atoms with E-state index < -0.39 is 9.24 Å². The van der Waals surface area contributed by atoms with Gasteiger partial charge in [0.1, 0.15) is 0 Å². The number of nitrogens with one attached hydrogen (secondary N) is 1. The summed E-state index contributed by atoms with van der Waals surface area (Å²) in [4.78, 5) is 0. The molecule has 0 atom stereocenters. The summed E-state index contributed by atoms with van der Waals surface area (Å²) in [5.74, 6) is 0. The predicted molar refractivity (Wildman–Crippen MR) is 46.8 cm³/mol. The number of hydrogen-bond donors (Lipinski definition) is 1. The Morgan fingerprint density at radius 2 is 1.82 bits per heavy atom. The van der Waals surface area contributed by atoms with Gasteiger partial charge in [-0.2, -0.15) is 8.42 Å². The van der Waals surface area contributed by atoms with Crippen molar-refractivity contribution in [2.45, 2.75) is 27.2 Å². The number of halogens is 1. The van der Waals surface area contributed by atoms with Crippen molar-refractivity contribution in [3.63, 3.8) is 0 Å². The Hall–Kier alpha value is 0.200. The highest BCUT2D eigenvalue weighted by Gasteiger charge is 2.11. The lowest BCUT2D eigenvalue weighted by Gasteiger charge is -2.16. The van der Waals surface area contributed by atoms with E-state index >= 15 is 0 Å². The van der Waals surface area contributed by atoms with Gasteiger partial charge in [-0.25, -0.2) is 4.72 Å². The van der Waals surface area contributed by atoms with Gasteiger partial charge in [0.15, 0.2) is 0 Å². The van der Waals surface area contributed by atoms with Crippen molar-refractivity contribution >= 4 is 19.9 Å². The first kappa shape index (κ1) is 11.2. The van der Waals surface area contributed by atoms with Gasteiger partial charge in [-0.1, -0.05) is 20.8 Å². The molecule has 1 N–H and O–H groups in total. The Bertz CT molecular complexity index is 205. The second-order valence-corrected chi connectivity index (χ2v) is 6.03. The first-order valence-electron chi connectivity index (χ1n) is 3.40. The first-order valence-corrected chi connectivity index (χ1v) is 5.71. The zero-order valence-electron chi connectivity index (χ0n) is 7.02. The lowest BCUT2D eigenvalue weighted by atomic mass is 9.93. The predicted octanol–water partition coefficient (Wildman–Crippen LogP) is 1.50. The molecule has 0 aliphatic rings. The smallest absolute Gasteiger partial charge is 0.202 e. The zero-order valence-corrected chi connectivity index (χ0v) is 8.59. The second kappa shape index (κ2) is 3.74. The topological polar surface area (TPSA) is 46.2 Å². The minimum Gasteiger partial charge on any atom is -0.202 e. The van der Waals surface area contributed by atoms with Crippen molar-refractivity contribution in [3.05, 3.63) is 0 Å². The molecule has 0 aromatic heterocycles. The molecule has 0 aliphatic carbocycles. The molecule has 3 nitrogen and oxygen atoms in total. The van der Waals surface area contributed by atoms with Crippen molar-refractivity contribution < 1.29 is 8.42 Å². The number of rotatable bonds is 3. The standard InChI is InChI=1S/C6H14ClNO2S/c1-6(2,3)4-5-8-11(7,9)10/h8H,4-5H2,1-3H3. The molecule has 0 aromatic carbocycles. The molecule has 0 radical (unpaired) electrons.